The van der Waals surface area contributed by atoms with Gasteiger partial charge in [0.1, 0.15) is 5.69 Å². The Bertz CT molecular complexity index is 1630. The molecule has 2 atom stereocenters. The van der Waals surface area contributed by atoms with Crippen molar-refractivity contribution in [1.29, 1.82) is 0 Å². The number of aliphatic carboxylic acids is 1. The fourth-order valence-electron chi connectivity index (χ4n) is 3.54. The van der Waals surface area contributed by atoms with E-state index in [1.165, 1.54) is 5.38 Å². The van der Waals surface area contributed by atoms with E-state index in [2.05, 4.69) is 20.8 Å². The van der Waals surface area contributed by atoms with Crippen LogP contribution >= 0.6 is 11.3 Å². The van der Waals surface area contributed by atoms with Gasteiger partial charge in [0.15, 0.2) is 38.3 Å². The van der Waals surface area contributed by atoms with E-state index in [-0.39, 0.29) is 87.4 Å². The van der Waals surface area contributed by atoms with Crippen LogP contribution in [0.2, 0.25) is 0 Å². The molecule has 0 radical (unpaired) electrons. The molecule has 1 aliphatic heterocycles. The average Bonchev–Trinajstić information content (AvgIpc) is 3.30. The van der Waals surface area contributed by atoms with Crippen molar-refractivity contribution in [3.8, 4) is 5.75 Å². The minimum atomic E-state index is -5.36. The van der Waals surface area contributed by atoms with E-state index in [0.717, 1.165) is 31.3 Å². The van der Waals surface area contributed by atoms with Gasteiger partial charge in [-0.3, -0.25) is 14.4 Å². The summed E-state index contributed by atoms with van der Waals surface area (Å²) in [5.74, 6) is -6.07. The standard InChI is InChI=1S/C21H25N7O12S2.CH4.2Na/c1-21(2,18(33)34)40-26-16(11-8-41-19(22)25-11)14(30)4-10-12(28(17(10)32)42(37,38)39)6-24-20(35)23-5-9-3-13(29)15(31)7-27(9)36;;;/h3,7-8,10,12,31,36H,4-6H2,1-2H3,(H2,22,25)(H,33,34)(H2,23,24,35)(H,37,38,39);1H4;;/q;;2*+1/p-2/b26-16-;;;/t10-,12+;;;/m0.../s1. The van der Waals surface area contributed by atoms with Crippen molar-refractivity contribution in [2.75, 3.05) is 12.3 Å². The number of oxime groups is 1. The molecule has 6 N–H and O–H groups in total. The molecule has 0 aromatic carbocycles. The molecule has 0 saturated carbocycles. The zero-order valence-corrected chi connectivity index (χ0v) is 29.3. The van der Waals surface area contributed by atoms with Crippen LogP contribution in [0, 0.1) is 5.92 Å². The van der Waals surface area contributed by atoms with Crippen LogP contribution in [0.5, 0.6) is 5.75 Å². The number of nitrogens with zero attached hydrogens (tertiary/aromatic N) is 4. The Balaban J connectivity index is 0.00000645. The minimum Gasteiger partial charge on any atom is -0.731 e. The van der Waals surface area contributed by atoms with Gasteiger partial charge in [0.05, 0.1) is 36.4 Å². The molecule has 3 heterocycles. The van der Waals surface area contributed by atoms with Crippen LogP contribution in [0.15, 0.2) is 27.6 Å². The summed E-state index contributed by atoms with van der Waals surface area (Å²) in [5, 5.41) is 39.6. The fraction of sp³-hybridized carbons (Fsp3) is 0.409. The molecule has 45 heavy (non-hydrogen) atoms. The summed E-state index contributed by atoms with van der Waals surface area (Å²) < 4.78 is 35.4. The van der Waals surface area contributed by atoms with E-state index >= 15 is 0 Å². The number of aromatic nitrogens is 2. The summed E-state index contributed by atoms with van der Waals surface area (Å²) in [5.41, 5.74) is 1.93. The van der Waals surface area contributed by atoms with Crippen LogP contribution < -0.4 is 86.0 Å². The Morgan fingerprint density at radius 2 is 1.87 bits per heavy atom. The number of thiazole rings is 1. The Morgan fingerprint density at radius 1 is 1.24 bits per heavy atom. The van der Waals surface area contributed by atoms with Gasteiger partial charge in [-0.05, 0) is 13.8 Å². The van der Waals surface area contributed by atoms with Gasteiger partial charge in [-0.25, -0.2) is 22.5 Å². The number of carbonyl (C=O) groups is 4. The molecule has 2 aromatic heterocycles. The molecule has 0 bridgehead atoms. The summed E-state index contributed by atoms with van der Waals surface area (Å²) in [6, 6.07) is -1.66. The molecule has 2 aromatic rings. The van der Waals surface area contributed by atoms with Crippen LogP contribution in [0.3, 0.4) is 0 Å². The molecule has 236 valence electrons. The number of carboxylic acids is 1. The number of pyridine rings is 1. The second-order valence-electron chi connectivity index (χ2n) is 9.22. The predicted molar refractivity (Wildman–Crippen MR) is 143 cm³/mol. The first-order valence-corrected chi connectivity index (χ1v) is 13.8. The quantitative estimate of drug-likeness (QED) is 0.0345. The molecule has 19 nitrogen and oxygen atoms in total. The van der Waals surface area contributed by atoms with Crippen LogP contribution in [0.4, 0.5) is 9.93 Å². The number of nitrogen functional groups attached to an aromatic ring is 1. The summed E-state index contributed by atoms with van der Waals surface area (Å²) in [6.45, 7) is 1.10. The van der Waals surface area contributed by atoms with Gasteiger partial charge < -0.3 is 46.0 Å². The molecule has 0 aliphatic carbocycles. The smallest absolute Gasteiger partial charge is 0.731 e. The van der Waals surface area contributed by atoms with E-state index in [1.54, 1.807) is 0 Å². The van der Waals surface area contributed by atoms with Crippen LogP contribution in [0.1, 0.15) is 39.1 Å². The van der Waals surface area contributed by atoms with Gasteiger partial charge in [-0.2, -0.15) is 4.73 Å². The molecule has 1 fully saturated rings. The van der Waals surface area contributed by atoms with Crippen molar-refractivity contribution in [2.24, 2.45) is 11.1 Å². The first-order valence-electron chi connectivity index (χ1n) is 11.6. The van der Waals surface area contributed by atoms with E-state index in [1.807, 2.05) is 0 Å². The number of ketones is 1. The monoisotopic (exact) mass is 691 g/mol. The van der Waals surface area contributed by atoms with Crippen molar-refractivity contribution in [3.05, 3.63) is 39.3 Å². The second kappa shape index (κ2) is 16.7. The molecule has 1 aliphatic rings. The zero-order valence-electron chi connectivity index (χ0n) is 23.7. The normalized spacial score (nSPS) is 16.2. The first-order chi connectivity index (χ1) is 19.4. The summed E-state index contributed by atoms with van der Waals surface area (Å²) in [7, 11) is -5.36. The number of amides is 3. The van der Waals surface area contributed by atoms with Crippen molar-refractivity contribution in [2.45, 2.75) is 45.9 Å². The fourth-order valence-corrected chi connectivity index (χ4v) is 5.00. The van der Waals surface area contributed by atoms with E-state index in [0.29, 0.717) is 10.9 Å². The van der Waals surface area contributed by atoms with Crippen molar-refractivity contribution >= 4 is 56.2 Å². The zero-order chi connectivity index (χ0) is 31.6. The first kappa shape index (κ1) is 42.2. The average molecular weight is 692 g/mol. The van der Waals surface area contributed by atoms with Gasteiger partial charge in [0, 0.05) is 24.4 Å². The van der Waals surface area contributed by atoms with E-state index in [4.69, 9.17) is 10.6 Å². The Labute approximate surface area is 304 Å². The SMILES string of the molecule is C.CC(C)(O/N=C(\C(=O)C[C@@H]1C(=O)N(S(=O)(=O)[O-])[C@@H]1CNC(=O)NCc1cc(=O)c(O)cn1O)c1csc(N)n1)C(=O)[O-].[Na+].[Na+]. The minimum absolute atomic E-state index is 0. The Kier molecular flexibility index (Phi) is 15.7. The summed E-state index contributed by atoms with van der Waals surface area (Å²) in [6.07, 6.45) is -0.0631. The van der Waals surface area contributed by atoms with Gasteiger partial charge in [-0.1, -0.05) is 12.6 Å². The third-order valence-corrected chi connectivity index (χ3v) is 7.43. The topological polar surface area (TPSA) is 299 Å². The third kappa shape index (κ3) is 10.4. The number of carboxylic acid groups (broad SMARTS) is 1. The molecule has 0 unspecified atom stereocenters. The number of Topliss-reactive ketones (excluding diaryl/α,β-unsaturated/α-hetero) is 1. The second-order valence-corrected chi connectivity index (χ2v) is 11.4. The molecule has 3 amide bonds. The molecule has 3 rings (SSSR count). The number of hydrogen-bond donors (Lipinski definition) is 5. The number of carbonyl (C=O) groups excluding carboxylic acids is 4. The Morgan fingerprint density at radius 3 is 2.40 bits per heavy atom. The van der Waals surface area contributed by atoms with E-state index in [9.17, 15) is 52.4 Å². The summed E-state index contributed by atoms with van der Waals surface area (Å²) in [4.78, 5) is 69.6. The van der Waals surface area contributed by atoms with Crippen LogP contribution in [-0.2, 0) is 36.1 Å². The number of anilines is 1. The molecular weight excluding hydrogens is 664 g/mol. The van der Waals surface area contributed by atoms with Crippen molar-refractivity contribution in [1.82, 2.24) is 24.7 Å². The Hall–Kier alpha value is -2.76. The maximum Gasteiger partial charge on any atom is 1.00 e. The van der Waals surface area contributed by atoms with Gasteiger partial charge in [-0.15, -0.1) is 11.3 Å². The number of β-lactam (4-membered cyclic amide) rings is 1. The van der Waals surface area contributed by atoms with Crippen molar-refractivity contribution in [3.63, 3.8) is 0 Å². The van der Waals surface area contributed by atoms with Crippen LogP contribution in [0.25, 0.3) is 0 Å². The molecule has 1 saturated heterocycles. The molecule has 23 heteroatoms. The largest absolute Gasteiger partial charge is 1.00 e. The van der Waals surface area contributed by atoms with Crippen molar-refractivity contribution < 1.29 is 112 Å². The number of urea groups is 1. The third-order valence-electron chi connectivity index (χ3n) is 5.82. The number of aromatic hydroxyl groups is 1. The number of hydrogen-bond acceptors (Lipinski definition) is 16. The number of nitrogens with one attached hydrogen (secondary N) is 2. The molecule has 0 spiro atoms. The van der Waals surface area contributed by atoms with E-state index < -0.39 is 88.0 Å². The van der Waals surface area contributed by atoms with Gasteiger partial charge in [0.2, 0.25) is 11.3 Å². The number of rotatable bonds is 12. The van der Waals surface area contributed by atoms with Crippen LogP contribution in [-0.4, -0.2) is 84.9 Å². The predicted octanol–water partition coefficient (Wildman–Crippen LogP) is -8.53. The van der Waals surface area contributed by atoms with Gasteiger partial charge in [0.25, 0.3) is 0 Å². The number of nitrogens with two attached hydrogens (primary N) is 1. The maximum atomic E-state index is 13.2. The molecular formula is C22H27N7Na2O12S2. The maximum absolute atomic E-state index is 13.2. The van der Waals surface area contributed by atoms with Gasteiger partial charge >= 0.3 is 65.1 Å². The summed E-state index contributed by atoms with van der Waals surface area (Å²) >= 11 is 0.902.